The first-order chi connectivity index (χ1) is 9.32. The molecule has 1 heterocycles. The summed E-state index contributed by atoms with van der Waals surface area (Å²) in [7, 11) is 0. The van der Waals surface area contributed by atoms with E-state index in [9.17, 15) is 9.90 Å². The van der Waals surface area contributed by atoms with E-state index < -0.39 is 5.97 Å². The van der Waals surface area contributed by atoms with E-state index in [1.807, 2.05) is 39.0 Å². The lowest BCUT2D eigenvalue weighted by atomic mass is 9.96. The van der Waals surface area contributed by atoms with Crippen LogP contribution < -0.4 is 5.73 Å². The Kier molecular flexibility index (Phi) is 4.06. The number of carboxylic acid groups (broad SMARTS) is 1. The summed E-state index contributed by atoms with van der Waals surface area (Å²) in [4.78, 5) is 12.4. The van der Waals surface area contributed by atoms with Gasteiger partial charge in [-0.3, -0.25) is 0 Å². The monoisotopic (exact) mass is 309 g/mol. The molecule has 3 N–H and O–H groups in total. The Balaban J connectivity index is 2.73. The fourth-order valence-electron chi connectivity index (χ4n) is 2.27. The van der Waals surface area contributed by atoms with Crippen molar-refractivity contribution in [3.8, 4) is 10.4 Å². The lowest BCUT2D eigenvalue weighted by Crippen LogP contribution is -2.00. The Morgan fingerprint density at radius 1 is 1.40 bits per heavy atom. The lowest BCUT2D eigenvalue weighted by molar-refractivity contribution is 0.0703. The van der Waals surface area contributed by atoms with Crippen LogP contribution >= 0.6 is 22.9 Å². The van der Waals surface area contributed by atoms with Gasteiger partial charge in [0.05, 0.1) is 5.69 Å². The number of hydrogen-bond acceptors (Lipinski definition) is 3. The highest BCUT2D eigenvalue weighted by atomic mass is 35.5. The van der Waals surface area contributed by atoms with Crippen LogP contribution in [0.2, 0.25) is 5.02 Å². The molecule has 1 aromatic heterocycles. The third-order valence-corrected chi connectivity index (χ3v) is 4.67. The first-order valence-electron chi connectivity index (χ1n) is 6.25. The summed E-state index contributed by atoms with van der Waals surface area (Å²) in [6, 6.07) is 5.60. The number of thiophene rings is 1. The Morgan fingerprint density at radius 3 is 2.55 bits per heavy atom. The van der Waals surface area contributed by atoms with Crippen LogP contribution in [0.3, 0.4) is 0 Å². The number of hydrogen-bond donors (Lipinski definition) is 2. The molecule has 0 saturated heterocycles. The van der Waals surface area contributed by atoms with Crippen molar-refractivity contribution < 1.29 is 9.90 Å². The topological polar surface area (TPSA) is 63.3 Å². The minimum atomic E-state index is -0.979. The minimum Gasteiger partial charge on any atom is -0.477 e. The number of aryl methyl sites for hydroxylation is 1. The number of halogens is 1. The van der Waals surface area contributed by atoms with Crippen molar-refractivity contribution in [3.63, 3.8) is 0 Å². The standard InChI is InChI=1S/C15H16ClNO2S/c1-7(2)11-12(17)14(15(18)19)20-13(11)10-5-4-9(16)6-8(10)3/h4-7H,17H2,1-3H3,(H,18,19). The number of benzene rings is 1. The second-order valence-corrected chi connectivity index (χ2v) is 6.46. The molecular formula is C15H16ClNO2S. The van der Waals surface area contributed by atoms with E-state index in [4.69, 9.17) is 17.3 Å². The molecule has 1 aromatic carbocycles. The predicted molar refractivity (Wildman–Crippen MR) is 85.0 cm³/mol. The minimum absolute atomic E-state index is 0.157. The van der Waals surface area contributed by atoms with Gasteiger partial charge in [-0.25, -0.2) is 4.79 Å². The van der Waals surface area contributed by atoms with Crippen LogP contribution in [-0.2, 0) is 0 Å². The number of rotatable bonds is 3. The van der Waals surface area contributed by atoms with Gasteiger partial charge in [-0.15, -0.1) is 11.3 Å². The Hall–Kier alpha value is -1.52. The summed E-state index contributed by atoms with van der Waals surface area (Å²) in [5, 5.41) is 9.92. The molecule has 2 rings (SSSR count). The summed E-state index contributed by atoms with van der Waals surface area (Å²) in [6.07, 6.45) is 0. The predicted octanol–water partition coefficient (Wildman–Crippen LogP) is 4.78. The molecule has 0 amide bonds. The van der Waals surface area contributed by atoms with Crippen molar-refractivity contribution in [1.82, 2.24) is 0 Å². The molecule has 0 aliphatic carbocycles. The van der Waals surface area contributed by atoms with E-state index in [0.717, 1.165) is 21.6 Å². The van der Waals surface area contributed by atoms with E-state index in [1.165, 1.54) is 11.3 Å². The summed E-state index contributed by atoms with van der Waals surface area (Å²) in [6.45, 7) is 5.99. The first kappa shape index (κ1) is 14.9. The quantitative estimate of drug-likeness (QED) is 0.857. The molecule has 0 saturated carbocycles. The molecule has 0 aliphatic heterocycles. The molecule has 0 spiro atoms. The zero-order chi connectivity index (χ0) is 15.0. The maximum Gasteiger partial charge on any atom is 0.348 e. The van der Waals surface area contributed by atoms with Crippen molar-refractivity contribution in [3.05, 3.63) is 39.2 Å². The molecule has 0 fully saturated rings. The molecular weight excluding hydrogens is 294 g/mol. The second kappa shape index (κ2) is 5.46. The van der Waals surface area contributed by atoms with Crippen molar-refractivity contribution in [1.29, 1.82) is 0 Å². The van der Waals surface area contributed by atoms with Crippen LogP contribution in [0.1, 0.15) is 40.6 Å². The SMILES string of the molecule is Cc1cc(Cl)ccc1-c1sc(C(=O)O)c(N)c1C(C)C. The number of nitrogens with two attached hydrogens (primary N) is 1. The van der Waals surface area contributed by atoms with Crippen molar-refractivity contribution in [2.24, 2.45) is 0 Å². The van der Waals surface area contributed by atoms with E-state index in [2.05, 4.69) is 0 Å². The van der Waals surface area contributed by atoms with Crippen LogP contribution in [0, 0.1) is 6.92 Å². The lowest BCUT2D eigenvalue weighted by Gasteiger charge is -2.11. The summed E-state index contributed by atoms with van der Waals surface area (Å²) < 4.78 is 0. The third kappa shape index (κ3) is 2.53. The van der Waals surface area contributed by atoms with Gasteiger partial charge in [0, 0.05) is 9.90 Å². The molecule has 0 radical (unpaired) electrons. The number of aromatic carboxylic acids is 1. The van der Waals surface area contributed by atoms with Crippen molar-refractivity contribution in [2.45, 2.75) is 26.7 Å². The maximum atomic E-state index is 11.3. The van der Waals surface area contributed by atoms with Crippen LogP contribution in [-0.4, -0.2) is 11.1 Å². The van der Waals surface area contributed by atoms with Crippen LogP contribution in [0.4, 0.5) is 5.69 Å². The average Bonchev–Trinajstić information content (AvgIpc) is 2.66. The van der Waals surface area contributed by atoms with Crippen molar-refractivity contribution in [2.75, 3.05) is 5.73 Å². The highest BCUT2D eigenvalue weighted by molar-refractivity contribution is 7.18. The van der Waals surface area contributed by atoms with Gasteiger partial charge in [0.1, 0.15) is 4.88 Å². The van der Waals surface area contributed by atoms with E-state index in [0.29, 0.717) is 10.7 Å². The first-order valence-corrected chi connectivity index (χ1v) is 7.44. The average molecular weight is 310 g/mol. The molecule has 3 nitrogen and oxygen atoms in total. The van der Waals surface area contributed by atoms with Gasteiger partial charge in [0.15, 0.2) is 0 Å². The molecule has 0 aliphatic rings. The third-order valence-electron chi connectivity index (χ3n) is 3.19. The van der Waals surface area contributed by atoms with Crippen LogP contribution in [0.15, 0.2) is 18.2 Å². The molecule has 106 valence electrons. The smallest absolute Gasteiger partial charge is 0.348 e. The number of carboxylic acids is 1. The van der Waals surface area contributed by atoms with Gasteiger partial charge in [-0.2, -0.15) is 0 Å². The zero-order valence-electron chi connectivity index (χ0n) is 11.5. The fraction of sp³-hybridized carbons (Fsp3) is 0.267. The Bertz CT molecular complexity index is 677. The zero-order valence-corrected chi connectivity index (χ0v) is 13.1. The van der Waals surface area contributed by atoms with Gasteiger partial charge < -0.3 is 10.8 Å². The molecule has 20 heavy (non-hydrogen) atoms. The molecule has 0 atom stereocenters. The Morgan fingerprint density at radius 2 is 2.05 bits per heavy atom. The van der Waals surface area contributed by atoms with Gasteiger partial charge in [0.2, 0.25) is 0 Å². The Labute approximate surface area is 127 Å². The molecule has 0 unspecified atom stereocenters. The number of carbonyl (C=O) groups is 1. The summed E-state index contributed by atoms with van der Waals surface area (Å²) >= 11 is 7.21. The van der Waals surface area contributed by atoms with Gasteiger partial charge in [-0.05, 0) is 41.7 Å². The molecule has 0 bridgehead atoms. The van der Waals surface area contributed by atoms with Crippen LogP contribution in [0.5, 0.6) is 0 Å². The van der Waals surface area contributed by atoms with Gasteiger partial charge >= 0.3 is 5.97 Å². The molecule has 2 aromatic rings. The largest absolute Gasteiger partial charge is 0.477 e. The van der Waals surface area contributed by atoms with Gasteiger partial charge in [-0.1, -0.05) is 31.5 Å². The van der Waals surface area contributed by atoms with Crippen LogP contribution in [0.25, 0.3) is 10.4 Å². The summed E-state index contributed by atoms with van der Waals surface area (Å²) in [5.41, 5.74) is 9.30. The normalized spacial score (nSPS) is 11.1. The highest BCUT2D eigenvalue weighted by Gasteiger charge is 2.23. The van der Waals surface area contributed by atoms with Gasteiger partial charge in [0.25, 0.3) is 0 Å². The fourth-order valence-corrected chi connectivity index (χ4v) is 3.80. The van der Waals surface area contributed by atoms with Crippen molar-refractivity contribution >= 4 is 34.6 Å². The maximum absolute atomic E-state index is 11.3. The number of anilines is 1. The van der Waals surface area contributed by atoms with E-state index in [-0.39, 0.29) is 10.8 Å². The molecule has 5 heteroatoms. The number of nitrogen functional groups attached to an aromatic ring is 1. The summed E-state index contributed by atoms with van der Waals surface area (Å²) in [5.74, 6) is -0.823. The second-order valence-electron chi connectivity index (χ2n) is 5.01. The van der Waals surface area contributed by atoms with E-state index >= 15 is 0 Å². The highest BCUT2D eigenvalue weighted by Crippen LogP contribution is 2.43. The van der Waals surface area contributed by atoms with E-state index in [1.54, 1.807) is 0 Å².